The highest BCUT2D eigenvalue weighted by molar-refractivity contribution is 7.09. The van der Waals surface area contributed by atoms with Gasteiger partial charge in [0, 0.05) is 24.3 Å². The number of carbonyl (C=O) groups excluding carboxylic acids is 1. The lowest BCUT2D eigenvalue weighted by Gasteiger charge is -2.31. The molecule has 1 aliphatic heterocycles. The second-order valence-corrected chi connectivity index (χ2v) is 8.52. The highest BCUT2D eigenvalue weighted by Gasteiger charge is 2.21. The molecule has 3 heterocycles. The fourth-order valence-electron chi connectivity index (χ4n) is 3.75. The average molecular weight is 407 g/mol. The number of amides is 1. The maximum Gasteiger partial charge on any atom is 0.271 e. The molecule has 0 aliphatic carbocycles. The number of piperidine rings is 1. The Morgan fingerprint density at radius 1 is 1.10 bits per heavy atom. The third-order valence-corrected chi connectivity index (χ3v) is 6.23. The van der Waals surface area contributed by atoms with Crippen LogP contribution in [0.1, 0.15) is 39.5 Å². The van der Waals surface area contributed by atoms with Crippen LogP contribution in [0, 0.1) is 5.92 Å². The Balaban J connectivity index is 1.23. The van der Waals surface area contributed by atoms with Crippen molar-refractivity contribution in [3.63, 3.8) is 0 Å². The van der Waals surface area contributed by atoms with Crippen LogP contribution >= 0.6 is 11.3 Å². The molecule has 0 saturated carbocycles. The predicted octanol–water partition coefficient (Wildman–Crippen LogP) is 3.92. The summed E-state index contributed by atoms with van der Waals surface area (Å²) in [6.07, 6.45) is 7.10. The number of benzene rings is 1. The van der Waals surface area contributed by atoms with Gasteiger partial charge in [0.25, 0.3) is 5.91 Å². The maximum absolute atomic E-state index is 12.3. The molecular formula is C23H26N4OS. The summed E-state index contributed by atoms with van der Waals surface area (Å²) in [6, 6.07) is 14.6. The summed E-state index contributed by atoms with van der Waals surface area (Å²) in [5, 5.41) is 5.78. The predicted molar refractivity (Wildman–Crippen MR) is 116 cm³/mol. The topological polar surface area (TPSA) is 58.1 Å². The van der Waals surface area contributed by atoms with E-state index < -0.39 is 0 Å². The first kappa shape index (κ1) is 19.7. The van der Waals surface area contributed by atoms with Crippen LogP contribution in [0.3, 0.4) is 0 Å². The molecule has 1 N–H and O–H groups in total. The summed E-state index contributed by atoms with van der Waals surface area (Å²) >= 11 is 1.57. The summed E-state index contributed by atoms with van der Waals surface area (Å²) in [5.41, 5.74) is 2.93. The zero-order chi connectivity index (χ0) is 19.9. The van der Waals surface area contributed by atoms with Crippen LogP contribution < -0.4 is 5.32 Å². The van der Waals surface area contributed by atoms with Crippen LogP contribution in [-0.4, -0.2) is 33.9 Å². The summed E-state index contributed by atoms with van der Waals surface area (Å²) in [5.74, 6) is 0.636. The van der Waals surface area contributed by atoms with Crippen LogP contribution in [0.25, 0.3) is 0 Å². The zero-order valence-corrected chi connectivity index (χ0v) is 17.3. The van der Waals surface area contributed by atoms with E-state index in [2.05, 4.69) is 50.5 Å². The minimum Gasteiger partial charge on any atom is -0.347 e. The molecule has 150 valence electrons. The Labute approximate surface area is 175 Å². The number of hydrogen-bond donors (Lipinski definition) is 1. The van der Waals surface area contributed by atoms with E-state index in [4.69, 9.17) is 0 Å². The molecule has 6 heteroatoms. The molecule has 0 radical (unpaired) electrons. The summed E-state index contributed by atoms with van der Waals surface area (Å²) in [7, 11) is 0. The molecule has 2 aromatic heterocycles. The van der Waals surface area contributed by atoms with Crippen LogP contribution in [-0.2, 0) is 19.5 Å². The molecule has 1 fully saturated rings. The fraction of sp³-hybridized carbons (Fsp3) is 0.348. The zero-order valence-electron chi connectivity index (χ0n) is 16.5. The molecule has 3 aromatic rings. The standard InChI is InChI=1S/C23H26N4OS/c28-23(25-15-20-7-4-10-24-14-20)21-17-29-22(26-21)16-27-11-8-19(9-12-27)13-18-5-2-1-3-6-18/h1-7,10,14,17,19H,8-9,11-13,15-16H2,(H,25,28). The minimum atomic E-state index is -0.127. The summed E-state index contributed by atoms with van der Waals surface area (Å²) in [4.78, 5) is 23.4. The van der Waals surface area contributed by atoms with Gasteiger partial charge in [-0.05, 0) is 55.5 Å². The molecular weight excluding hydrogens is 380 g/mol. The van der Waals surface area contributed by atoms with Crippen LogP contribution in [0.4, 0.5) is 0 Å². The molecule has 1 amide bonds. The molecule has 5 nitrogen and oxygen atoms in total. The number of aromatic nitrogens is 2. The number of likely N-dealkylation sites (tertiary alicyclic amines) is 1. The monoisotopic (exact) mass is 406 g/mol. The number of nitrogens with zero attached hydrogens (tertiary/aromatic N) is 3. The van der Waals surface area contributed by atoms with E-state index in [9.17, 15) is 4.79 Å². The first-order valence-corrected chi connectivity index (χ1v) is 11.0. The number of rotatable bonds is 7. The lowest BCUT2D eigenvalue weighted by atomic mass is 9.90. The molecule has 0 spiro atoms. The van der Waals surface area contributed by atoms with Gasteiger partial charge in [0.1, 0.15) is 10.7 Å². The van der Waals surface area contributed by atoms with Gasteiger partial charge in [0.05, 0.1) is 6.54 Å². The Bertz CT molecular complexity index is 905. The van der Waals surface area contributed by atoms with Crippen molar-refractivity contribution in [3.05, 3.63) is 82.1 Å². The van der Waals surface area contributed by atoms with Gasteiger partial charge in [-0.25, -0.2) is 4.98 Å². The van der Waals surface area contributed by atoms with Gasteiger partial charge in [0.2, 0.25) is 0 Å². The number of nitrogens with one attached hydrogen (secondary N) is 1. The van der Waals surface area contributed by atoms with E-state index in [0.717, 1.165) is 36.1 Å². The maximum atomic E-state index is 12.3. The highest BCUT2D eigenvalue weighted by atomic mass is 32.1. The first-order valence-electron chi connectivity index (χ1n) is 10.1. The van der Waals surface area contributed by atoms with Crippen molar-refractivity contribution < 1.29 is 4.79 Å². The van der Waals surface area contributed by atoms with Crippen molar-refractivity contribution in [2.75, 3.05) is 13.1 Å². The second-order valence-electron chi connectivity index (χ2n) is 7.58. The van der Waals surface area contributed by atoms with Gasteiger partial charge < -0.3 is 5.32 Å². The van der Waals surface area contributed by atoms with Crippen molar-refractivity contribution in [2.24, 2.45) is 5.92 Å². The number of thiazole rings is 1. The van der Waals surface area contributed by atoms with E-state index >= 15 is 0 Å². The Morgan fingerprint density at radius 2 is 1.90 bits per heavy atom. The SMILES string of the molecule is O=C(NCc1cccnc1)c1csc(CN2CCC(Cc3ccccc3)CC2)n1. The molecule has 1 aliphatic rings. The van der Waals surface area contributed by atoms with Gasteiger partial charge in [-0.15, -0.1) is 11.3 Å². The quantitative estimate of drug-likeness (QED) is 0.646. The largest absolute Gasteiger partial charge is 0.347 e. The van der Waals surface area contributed by atoms with Gasteiger partial charge in [0.15, 0.2) is 0 Å². The fourth-order valence-corrected chi connectivity index (χ4v) is 4.57. The van der Waals surface area contributed by atoms with Crippen molar-refractivity contribution in [1.29, 1.82) is 0 Å². The van der Waals surface area contributed by atoms with E-state index in [1.54, 1.807) is 23.7 Å². The smallest absolute Gasteiger partial charge is 0.271 e. The normalized spacial score (nSPS) is 15.3. The molecule has 29 heavy (non-hydrogen) atoms. The number of pyridine rings is 1. The lowest BCUT2D eigenvalue weighted by Crippen LogP contribution is -2.33. The number of hydrogen-bond acceptors (Lipinski definition) is 5. The molecule has 0 bridgehead atoms. The van der Waals surface area contributed by atoms with Crippen molar-refractivity contribution >= 4 is 17.2 Å². The van der Waals surface area contributed by atoms with Gasteiger partial charge in [-0.2, -0.15) is 0 Å². The van der Waals surface area contributed by atoms with Crippen molar-refractivity contribution in [1.82, 2.24) is 20.2 Å². The molecule has 1 aromatic carbocycles. The minimum absolute atomic E-state index is 0.127. The molecule has 4 rings (SSSR count). The molecule has 0 unspecified atom stereocenters. The highest BCUT2D eigenvalue weighted by Crippen LogP contribution is 2.23. The summed E-state index contributed by atoms with van der Waals surface area (Å²) < 4.78 is 0. The van der Waals surface area contributed by atoms with E-state index in [1.807, 2.05) is 17.5 Å². The van der Waals surface area contributed by atoms with E-state index in [1.165, 1.54) is 24.8 Å². The third kappa shape index (κ3) is 5.71. The van der Waals surface area contributed by atoms with E-state index in [0.29, 0.717) is 12.2 Å². The van der Waals surface area contributed by atoms with Gasteiger partial charge in [-0.3, -0.25) is 14.7 Å². The average Bonchev–Trinajstić information content (AvgIpc) is 3.23. The van der Waals surface area contributed by atoms with Crippen molar-refractivity contribution in [2.45, 2.75) is 32.4 Å². The summed E-state index contributed by atoms with van der Waals surface area (Å²) in [6.45, 7) is 3.49. The second kappa shape index (κ2) is 9.76. The Hall–Kier alpha value is -2.57. The van der Waals surface area contributed by atoms with Crippen LogP contribution in [0.2, 0.25) is 0 Å². The van der Waals surface area contributed by atoms with Crippen molar-refractivity contribution in [3.8, 4) is 0 Å². The molecule has 0 atom stereocenters. The van der Waals surface area contributed by atoms with Crippen LogP contribution in [0.5, 0.6) is 0 Å². The lowest BCUT2D eigenvalue weighted by molar-refractivity contribution is 0.0946. The Morgan fingerprint density at radius 3 is 2.66 bits per heavy atom. The Kier molecular flexibility index (Phi) is 6.64. The molecule has 1 saturated heterocycles. The number of carbonyl (C=O) groups is 1. The van der Waals surface area contributed by atoms with Gasteiger partial charge in [-0.1, -0.05) is 36.4 Å². The van der Waals surface area contributed by atoms with E-state index in [-0.39, 0.29) is 5.91 Å². The van der Waals surface area contributed by atoms with Crippen LogP contribution in [0.15, 0.2) is 60.2 Å². The van der Waals surface area contributed by atoms with Gasteiger partial charge >= 0.3 is 0 Å². The first-order chi connectivity index (χ1) is 14.3. The third-order valence-electron chi connectivity index (χ3n) is 5.39.